The quantitative estimate of drug-likeness (QED) is 0.715. The summed E-state index contributed by atoms with van der Waals surface area (Å²) in [6.45, 7) is 2.22. The van der Waals surface area contributed by atoms with Crippen molar-refractivity contribution in [2.24, 2.45) is 0 Å². The zero-order valence-corrected chi connectivity index (χ0v) is 15.3. The van der Waals surface area contributed by atoms with Gasteiger partial charge in [0, 0.05) is 16.6 Å². The van der Waals surface area contributed by atoms with Gasteiger partial charge < -0.3 is 5.32 Å². The highest BCUT2D eigenvalue weighted by atomic mass is 79.9. The van der Waals surface area contributed by atoms with Crippen molar-refractivity contribution in [3.05, 3.63) is 69.4 Å². The van der Waals surface area contributed by atoms with Gasteiger partial charge in [-0.15, -0.1) is 0 Å². The number of benzene rings is 2. The van der Waals surface area contributed by atoms with E-state index in [0.29, 0.717) is 17.9 Å². The number of amides is 1. The summed E-state index contributed by atoms with van der Waals surface area (Å²) < 4.78 is 15.0. The average molecular weight is 390 g/mol. The number of halogens is 2. The molecule has 1 amide bonds. The molecule has 0 heterocycles. The standard InChI is InChI=1S/C20H21BrFNO/c1-2-18(15-4-3-5-17(21)11-15)20(24)23-12-16-10-14(13-6-7-13)8-9-19(16)22/h3-5,8-11,13,18H,2,6-7,12H2,1H3,(H,23,24)/t18-/m1/s1. The maximum Gasteiger partial charge on any atom is 0.227 e. The van der Waals surface area contributed by atoms with Gasteiger partial charge in [-0.3, -0.25) is 4.79 Å². The Bertz CT molecular complexity index is 742. The van der Waals surface area contributed by atoms with Crippen LogP contribution in [0, 0.1) is 5.82 Å². The molecular weight excluding hydrogens is 369 g/mol. The Kier molecular flexibility index (Phi) is 5.34. The fourth-order valence-electron chi connectivity index (χ4n) is 3.00. The first kappa shape index (κ1) is 17.2. The molecule has 0 spiro atoms. The highest BCUT2D eigenvalue weighted by Gasteiger charge is 2.24. The van der Waals surface area contributed by atoms with Crippen LogP contribution in [0.15, 0.2) is 46.9 Å². The molecule has 3 rings (SSSR count). The molecule has 0 unspecified atom stereocenters. The zero-order valence-electron chi connectivity index (χ0n) is 13.7. The summed E-state index contributed by atoms with van der Waals surface area (Å²) in [5, 5.41) is 2.90. The van der Waals surface area contributed by atoms with Crippen LogP contribution < -0.4 is 5.32 Å². The van der Waals surface area contributed by atoms with Crippen LogP contribution in [0.3, 0.4) is 0 Å². The van der Waals surface area contributed by atoms with E-state index in [1.807, 2.05) is 43.3 Å². The van der Waals surface area contributed by atoms with Crippen LogP contribution in [0.2, 0.25) is 0 Å². The van der Waals surface area contributed by atoms with E-state index in [4.69, 9.17) is 0 Å². The van der Waals surface area contributed by atoms with Gasteiger partial charge in [-0.05, 0) is 54.5 Å². The smallest absolute Gasteiger partial charge is 0.227 e. The lowest BCUT2D eigenvalue weighted by Crippen LogP contribution is -2.29. The van der Waals surface area contributed by atoms with E-state index in [1.54, 1.807) is 0 Å². The second-order valence-corrected chi connectivity index (χ2v) is 7.27. The molecule has 0 radical (unpaired) electrons. The van der Waals surface area contributed by atoms with E-state index in [-0.39, 0.29) is 24.2 Å². The van der Waals surface area contributed by atoms with E-state index in [1.165, 1.54) is 24.5 Å². The van der Waals surface area contributed by atoms with Gasteiger partial charge in [0.15, 0.2) is 0 Å². The summed E-state index contributed by atoms with van der Waals surface area (Å²) in [4.78, 5) is 12.6. The molecule has 24 heavy (non-hydrogen) atoms. The Hall–Kier alpha value is -1.68. The number of hydrogen-bond donors (Lipinski definition) is 1. The Morgan fingerprint density at radius 3 is 2.75 bits per heavy atom. The van der Waals surface area contributed by atoms with Crippen LogP contribution >= 0.6 is 15.9 Å². The fraction of sp³-hybridized carbons (Fsp3) is 0.350. The van der Waals surface area contributed by atoms with Crippen LogP contribution in [0.5, 0.6) is 0 Å². The summed E-state index contributed by atoms with van der Waals surface area (Å²) in [5.74, 6) is 0.0318. The number of carbonyl (C=O) groups excluding carboxylic acids is 1. The van der Waals surface area contributed by atoms with E-state index in [0.717, 1.165) is 10.0 Å². The van der Waals surface area contributed by atoms with Crippen molar-refractivity contribution < 1.29 is 9.18 Å². The van der Waals surface area contributed by atoms with Crippen molar-refractivity contribution in [2.75, 3.05) is 0 Å². The van der Waals surface area contributed by atoms with Gasteiger partial charge in [0.2, 0.25) is 5.91 Å². The third-order valence-corrected chi connectivity index (χ3v) is 5.04. The van der Waals surface area contributed by atoms with Crippen LogP contribution in [0.1, 0.15) is 54.7 Å². The molecule has 2 aromatic rings. The van der Waals surface area contributed by atoms with Crippen molar-refractivity contribution in [3.8, 4) is 0 Å². The lowest BCUT2D eigenvalue weighted by atomic mass is 9.95. The van der Waals surface area contributed by atoms with Gasteiger partial charge >= 0.3 is 0 Å². The van der Waals surface area contributed by atoms with E-state index >= 15 is 0 Å². The first-order valence-electron chi connectivity index (χ1n) is 8.40. The van der Waals surface area contributed by atoms with Gasteiger partial charge in [-0.1, -0.05) is 47.1 Å². The minimum absolute atomic E-state index is 0.0631. The fourth-order valence-corrected chi connectivity index (χ4v) is 3.42. The molecule has 1 N–H and O–H groups in total. The van der Waals surface area contributed by atoms with Crippen LogP contribution in [-0.2, 0) is 11.3 Å². The molecule has 0 aromatic heterocycles. The molecule has 2 aromatic carbocycles. The van der Waals surface area contributed by atoms with E-state index in [2.05, 4.69) is 21.2 Å². The van der Waals surface area contributed by atoms with Crippen molar-refractivity contribution in [3.63, 3.8) is 0 Å². The molecule has 0 bridgehead atoms. The molecule has 1 aliphatic carbocycles. The number of carbonyl (C=O) groups is 1. The second kappa shape index (κ2) is 7.47. The molecule has 2 nitrogen and oxygen atoms in total. The second-order valence-electron chi connectivity index (χ2n) is 6.36. The Labute approximate surface area is 150 Å². The monoisotopic (exact) mass is 389 g/mol. The molecule has 4 heteroatoms. The summed E-state index contributed by atoms with van der Waals surface area (Å²) >= 11 is 3.44. The third-order valence-electron chi connectivity index (χ3n) is 4.55. The summed E-state index contributed by atoms with van der Waals surface area (Å²) in [6, 6.07) is 13.0. The average Bonchev–Trinajstić information content (AvgIpc) is 3.40. The number of hydrogen-bond acceptors (Lipinski definition) is 1. The predicted molar refractivity (Wildman–Crippen MR) is 97.4 cm³/mol. The van der Waals surface area contributed by atoms with Crippen LogP contribution in [-0.4, -0.2) is 5.91 Å². The van der Waals surface area contributed by atoms with Crippen molar-refractivity contribution in [1.82, 2.24) is 5.32 Å². The zero-order chi connectivity index (χ0) is 17.1. The lowest BCUT2D eigenvalue weighted by molar-refractivity contribution is -0.122. The molecule has 126 valence electrons. The lowest BCUT2D eigenvalue weighted by Gasteiger charge is -2.16. The molecule has 0 aliphatic heterocycles. The molecule has 1 aliphatic rings. The highest BCUT2D eigenvalue weighted by molar-refractivity contribution is 9.10. The maximum absolute atomic E-state index is 14.0. The van der Waals surface area contributed by atoms with Gasteiger partial charge in [-0.2, -0.15) is 0 Å². The van der Waals surface area contributed by atoms with Gasteiger partial charge in [0.1, 0.15) is 5.82 Å². The molecule has 1 fully saturated rings. The normalized spacial score (nSPS) is 15.1. The van der Waals surface area contributed by atoms with Crippen LogP contribution in [0.4, 0.5) is 4.39 Å². The largest absolute Gasteiger partial charge is 0.351 e. The van der Waals surface area contributed by atoms with Gasteiger partial charge in [0.25, 0.3) is 0 Å². The van der Waals surface area contributed by atoms with Gasteiger partial charge in [-0.25, -0.2) is 4.39 Å². The first-order valence-corrected chi connectivity index (χ1v) is 9.19. The predicted octanol–water partition coefficient (Wildman–Crippen LogP) is 5.28. The highest BCUT2D eigenvalue weighted by Crippen LogP contribution is 2.40. The summed E-state index contributed by atoms with van der Waals surface area (Å²) in [6.07, 6.45) is 3.06. The summed E-state index contributed by atoms with van der Waals surface area (Å²) in [5.41, 5.74) is 2.72. The maximum atomic E-state index is 14.0. The minimum Gasteiger partial charge on any atom is -0.351 e. The summed E-state index contributed by atoms with van der Waals surface area (Å²) in [7, 11) is 0. The first-order chi connectivity index (χ1) is 11.6. The van der Waals surface area contributed by atoms with E-state index < -0.39 is 0 Å². The molecule has 0 saturated heterocycles. The Morgan fingerprint density at radius 1 is 1.29 bits per heavy atom. The van der Waals surface area contributed by atoms with E-state index in [9.17, 15) is 9.18 Å². The van der Waals surface area contributed by atoms with Crippen molar-refractivity contribution >= 4 is 21.8 Å². The molecule has 1 atom stereocenters. The third kappa shape index (κ3) is 4.04. The van der Waals surface area contributed by atoms with Crippen molar-refractivity contribution in [1.29, 1.82) is 0 Å². The minimum atomic E-state index is -0.254. The molecular formula is C20H21BrFNO. The number of nitrogens with one attached hydrogen (secondary N) is 1. The van der Waals surface area contributed by atoms with Crippen LogP contribution in [0.25, 0.3) is 0 Å². The Balaban J connectivity index is 1.69. The van der Waals surface area contributed by atoms with Gasteiger partial charge in [0.05, 0.1) is 5.92 Å². The topological polar surface area (TPSA) is 29.1 Å². The number of rotatable bonds is 6. The SMILES string of the molecule is CC[C@@H](C(=O)NCc1cc(C2CC2)ccc1F)c1cccc(Br)c1. The van der Waals surface area contributed by atoms with Crippen molar-refractivity contribution in [2.45, 2.75) is 44.6 Å². The Morgan fingerprint density at radius 2 is 2.08 bits per heavy atom. The molecule has 1 saturated carbocycles.